The van der Waals surface area contributed by atoms with Gasteiger partial charge in [-0.1, -0.05) is 12.1 Å². The summed E-state index contributed by atoms with van der Waals surface area (Å²) in [7, 11) is 0. The standard InChI is InChI=1S/C19H22FN3O2S/c20-15-3-1-4-16(13-15)21-18(24)14-22-8-10-23(11-9-22)19(25)7-6-17-5-2-12-26-17/h1-5,12-13H,6-11,14H2,(H,21,24)/p+1. The van der Waals surface area contributed by atoms with E-state index >= 15 is 0 Å². The molecule has 0 saturated carbocycles. The number of piperazine rings is 1. The molecule has 2 amide bonds. The van der Waals surface area contributed by atoms with Gasteiger partial charge in [0.1, 0.15) is 5.82 Å². The van der Waals surface area contributed by atoms with Gasteiger partial charge in [0.2, 0.25) is 5.91 Å². The number of nitrogens with one attached hydrogen (secondary N) is 2. The predicted molar refractivity (Wildman–Crippen MR) is 99.8 cm³/mol. The summed E-state index contributed by atoms with van der Waals surface area (Å²) in [6, 6.07) is 9.94. The smallest absolute Gasteiger partial charge is 0.279 e. The van der Waals surface area contributed by atoms with Gasteiger partial charge in [0.15, 0.2) is 6.54 Å². The molecule has 1 aromatic carbocycles. The number of rotatable bonds is 6. The van der Waals surface area contributed by atoms with Crippen LogP contribution in [0, 0.1) is 5.82 Å². The normalized spacial score (nSPS) is 15.0. The highest BCUT2D eigenvalue weighted by molar-refractivity contribution is 7.09. The predicted octanol–water partition coefficient (Wildman–Crippen LogP) is 1.19. The number of benzene rings is 1. The first kappa shape index (κ1) is 18.5. The third-order valence-corrected chi connectivity index (χ3v) is 5.44. The highest BCUT2D eigenvalue weighted by atomic mass is 32.1. The third-order valence-electron chi connectivity index (χ3n) is 4.51. The summed E-state index contributed by atoms with van der Waals surface area (Å²) in [6.45, 7) is 3.17. The molecule has 2 heterocycles. The molecule has 1 aliphatic rings. The first-order valence-electron chi connectivity index (χ1n) is 8.79. The molecule has 1 aliphatic heterocycles. The molecule has 0 aliphatic carbocycles. The first-order valence-corrected chi connectivity index (χ1v) is 9.67. The Bertz CT molecular complexity index is 743. The van der Waals surface area contributed by atoms with E-state index < -0.39 is 0 Å². The number of quaternary nitrogens is 1. The average molecular weight is 376 g/mol. The van der Waals surface area contributed by atoms with Crippen molar-refractivity contribution in [3.8, 4) is 0 Å². The second-order valence-electron chi connectivity index (χ2n) is 6.45. The summed E-state index contributed by atoms with van der Waals surface area (Å²) in [5, 5.41) is 4.75. The average Bonchev–Trinajstić information content (AvgIpc) is 3.14. The van der Waals surface area contributed by atoms with Crippen molar-refractivity contribution in [2.75, 3.05) is 38.0 Å². The Balaban J connectivity index is 1.39. The Morgan fingerprint density at radius 2 is 2.00 bits per heavy atom. The maximum Gasteiger partial charge on any atom is 0.279 e. The van der Waals surface area contributed by atoms with Crippen molar-refractivity contribution < 1.29 is 18.9 Å². The number of nitrogens with zero attached hydrogens (tertiary/aromatic N) is 1. The third kappa shape index (κ3) is 5.37. The lowest BCUT2D eigenvalue weighted by Gasteiger charge is -2.32. The summed E-state index contributed by atoms with van der Waals surface area (Å²) < 4.78 is 13.2. The largest absolute Gasteiger partial charge is 0.331 e. The Labute approximate surface area is 156 Å². The van der Waals surface area contributed by atoms with E-state index in [4.69, 9.17) is 0 Å². The molecule has 5 nitrogen and oxygen atoms in total. The van der Waals surface area contributed by atoms with Crippen molar-refractivity contribution >= 4 is 28.8 Å². The van der Waals surface area contributed by atoms with E-state index in [2.05, 4.69) is 11.4 Å². The number of anilines is 1. The van der Waals surface area contributed by atoms with Gasteiger partial charge in [-0.3, -0.25) is 9.59 Å². The number of aryl methyl sites for hydroxylation is 1. The van der Waals surface area contributed by atoms with Crippen molar-refractivity contribution in [2.45, 2.75) is 12.8 Å². The van der Waals surface area contributed by atoms with E-state index in [1.165, 1.54) is 17.0 Å². The summed E-state index contributed by atoms with van der Waals surface area (Å²) in [4.78, 5) is 28.7. The molecule has 0 bridgehead atoms. The van der Waals surface area contributed by atoms with Crippen LogP contribution in [0.2, 0.25) is 0 Å². The molecule has 0 atom stereocenters. The zero-order valence-electron chi connectivity index (χ0n) is 14.5. The van der Waals surface area contributed by atoms with Crippen molar-refractivity contribution in [1.29, 1.82) is 0 Å². The molecule has 0 spiro atoms. The van der Waals surface area contributed by atoms with Gasteiger partial charge in [-0.15, -0.1) is 11.3 Å². The summed E-state index contributed by atoms with van der Waals surface area (Å²) in [5.41, 5.74) is 0.469. The van der Waals surface area contributed by atoms with Gasteiger partial charge in [-0.2, -0.15) is 0 Å². The van der Waals surface area contributed by atoms with E-state index in [1.54, 1.807) is 23.5 Å². The lowest BCUT2D eigenvalue weighted by Crippen LogP contribution is -3.15. The number of halogens is 1. The minimum Gasteiger partial charge on any atom is -0.331 e. The molecule has 0 radical (unpaired) electrons. The van der Waals surface area contributed by atoms with E-state index in [9.17, 15) is 14.0 Å². The number of carbonyl (C=O) groups is 2. The molecule has 7 heteroatoms. The van der Waals surface area contributed by atoms with Gasteiger partial charge in [-0.05, 0) is 36.1 Å². The van der Waals surface area contributed by atoms with Crippen LogP contribution in [0.15, 0.2) is 41.8 Å². The highest BCUT2D eigenvalue weighted by Gasteiger charge is 2.25. The molecule has 2 N–H and O–H groups in total. The monoisotopic (exact) mass is 376 g/mol. The number of thiophene rings is 1. The molecule has 3 rings (SSSR count). The van der Waals surface area contributed by atoms with Crippen LogP contribution in [0.4, 0.5) is 10.1 Å². The van der Waals surface area contributed by atoms with Crippen LogP contribution in [-0.4, -0.2) is 49.4 Å². The van der Waals surface area contributed by atoms with Crippen molar-refractivity contribution in [1.82, 2.24) is 4.90 Å². The topological polar surface area (TPSA) is 53.9 Å². The van der Waals surface area contributed by atoms with Crippen LogP contribution < -0.4 is 10.2 Å². The number of carbonyl (C=O) groups excluding carboxylic acids is 2. The Morgan fingerprint density at radius 1 is 1.19 bits per heavy atom. The van der Waals surface area contributed by atoms with Gasteiger partial charge >= 0.3 is 0 Å². The minimum absolute atomic E-state index is 0.136. The number of hydrogen-bond donors (Lipinski definition) is 2. The SMILES string of the molecule is O=C(C[NH+]1CCN(C(=O)CCc2cccs2)CC1)Nc1cccc(F)c1. The van der Waals surface area contributed by atoms with E-state index in [0.717, 1.165) is 24.4 Å². The molecule has 138 valence electrons. The lowest BCUT2D eigenvalue weighted by molar-refractivity contribution is -0.895. The maximum absolute atomic E-state index is 13.2. The maximum atomic E-state index is 13.2. The van der Waals surface area contributed by atoms with E-state index in [0.29, 0.717) is 31.7 Å². The van der Waals surface area contributed by atoms with Gasteiger partial charge in [0, 0.05) is 17.0 Å². The van der Waals surface area contributed by atoms with E-state index in [-0.39, 0.29) is 17.6 Å². The second-order valence-corrected chi connectivity index (χ2v) is 7.48. The number of amides is 2. The van der Waals surface area contributed by atoms with Gasteiger partial charge in [-0.25, -0.2) is 4.39 Å². The fourth-order valence-electron chi connectivity index (χ4n) is 3.09. The van der Waals surface area contributed by atoms with E-state index in [1.807, 2.05) is 16.3 Å². The Morgan fingerprint density at radius 3 is 2.69 bits per heavy atom. The van der Waals surface area contributed by atoms with Gasteiger partial charge in [0.25, 0.3) is 5.91 Å². The van der Waals surface area contributed by atoms with Gasteiger partial charge in [0.05, 0.1) is 26.2 Å². The van der Waals surface area contributed by atoms with Crippen molar-refractivity contribution in [2.24, 2.45) is 0 Å². The fourth-order valence-corrected chi connectivity index (χ4v) is 3.80. The van der Waals surface area contributed by atoms with Crippen molar-refractivity contribution in [3.05, 3.63) is 52.5 Å². The fraction of sp³-hybridized carbons (Fsp3) is 0.368. The summed E-state index contributed by atoms with van der Waals surface area (Å²) in [5.74, 6) is -0.324. The van der Waals surface area contributed by atoms with Crippen LogP contribution in [-0.2, 0) is 16.0 Å². The second kappa shape index (κ2) is 8.91. The molecule has 2 aromatic rings. The Kier molecular flexibility index (Phi) is 6.35. The highest BCUT2D eigenvalue weighted by Crippen LogP contribution is 2.12. The Hall–Kier alpha value is -2.25. The lowest BCUT2D eigenvalue weighted by atomic mass is 10.2. The molecule has 1 aromatic heterocycles. The van der Waals surface area contributed by atoms with Crippen molar-refractivity contribution in [3.63, 3.8) is 0 Å². The number of hydrogen-bond acceptors (Lipinski definition) is 3. The zero-order valence-corrected chi connectivity index (χ0v) is 15.4. The van der Waals surface area contributed by atoms with Crippen LogP contribution in [0.25, 0.3) is 0 Å². The molecule has 0 unspecified atom stereocenters. The molecular weight excluding hydrogens is 353 g/mol. The minimum atomic E-state index is -0.371. The summed E-state index contributed by atoms with van der Waals surface area (Å²) in [6.07, 6.45) is 1.33. The van der Waals surface area contributed by atoms with Crippen LogP contribution in [0.1, 0.15) is 11.3 Å². The quantitative estimate of drug-likeness (QED) is 0.796. The van der Waals surface area contributed by atoms with Crippen LogP contribution in [0.3, 0.4) is 0 Å². The van der Waals surface area contributed by atoms with Crippen LogP contribution >= 0.6 is 11.3 Å². The van der Waals surface area contributed by atoms with Crippen LogP contribution in [0.5, 0.6) is 0 Å². The zero-order chi connectivity index (χ0) is 18.4. The van der Waals surface area contributed by atoms with Gasteiger partial charge < -0.3 is 15.1 Å². The molecule has 1 saturated heterocycles. The summed E-state index contributed by atoms with van der Waals surface area (Å²) >= 11 is 1.68. The molecular formula is C19H23FN3O2S+. The molecule has 1 fully saturated rings. The first-order chi connectivity index (χ1) is 12.6. The molecule has 26 heavy (non-hydrogen) atoms.